The Morgan fingerprint density at radius 2 is 1.96 bits per heavy atom. The van der Waals surface area contributed by atoms with Crippen LogP contribution in [-0.2, 0) is 11.3 Å². The quantitative estimate of drug-likeness (QED) is 0.663. The van der Waals surface area contributed by atoms with Gasteiger partial charge in [0.25, 0.3) is 11.1 Å². The molecule has 2 aromatic rings. The van der Waals surface area contributed by atoms with Crippen molar-refractivity contribution < 1.29 is 14.0 Å². The van der Waals surface area contributed by atoms with E-state index in [1.165, 1.54) is 11.0 Å². The predicted octanol–water partition coefficient (Wildman–Crippen LogP) is 5.13. The molecule has 0 bridgehead atoms. The summed E-state index contributed by atoms with van der Waals surface area (Å²) in [4.78, 5) is 26.3. The number of nitrogens with zero attached hydrogens (tertiary/aromatic N) is 1. The van der Waals surface area contributed by atoms with Gasteiger partial charge in [0, 0.05) is 0 Å². The molecule has 1 aliphatic rings. The van der Waals surface area contributed by atoms with E-state index in [-0.39, 0.29) is 23.5 Å². The highest BCUT2D eigenvalue weighted by atomic mass is 79.9. The van der Waals surface area contributed by atoms with Crippen molar-refractivity contribution in [3.05, 3.63) is 74.4 Å². The van der Waals surface area contributed by atoms with Gasteiger partial charge in [-0.3, -0.25) is 14.5 Å². The van der Waals surface area contributed by atoms with E-state index < -0.39 is 0 Å². The van der Waals surface area contributed by atoms with Gasteiger partial charge in [-0.25, -0.2) is 4.39 Å². The summed E-state index contributed by atoms with van der Waals surface area (Å²) in [5, 5.41) is -0.296. The maximum atomic E-state index is 13.3. The Morgan fingerprint density at radius 3 is 2.67 bits per heavy atom. The molecule has 24 heavy (non-hydrogen) atoms. The summed E-state index contributed by atoms with van der Waals surface area (Å²) < 4.78 is 13.6. The Hall–Kier alpha value is -1.92. The minimum atomic E-state index is -0.375. The smallest absolute Gasteiger partial charge is 0.268 e. The van der Waals surface area contributed by atoms with Gasteiger partial charge in [0.2, 0.25) is 0 Å². The summed E-state index contributed by atoms with van der Waals surface area (Å²) in [5.74, 6) is -0.700. The maximum absolute atomic E-state index is 13.3. The molecule has 0 radical (unpaired) electrons. The van der Waals surface area contributed by atoms with E-state index in [1.54, 1.807) is 18.2 Å². The van der Waals surface area contributed by atoms with Crippen LogP contribution in [0.3, 0.4) is 0 Å². The number of hydrogen-bond acceptors (Lipinski definition) is 3. The summed E-state index contributed by atoms with van der Waals surface area (Å²) >= 11 is 4.01. The van der Waals surface area contributed by atoms with Crippen LogP contribution >= 0.6 is 27.7 Å². The Morgan fingerprint density at radius 1 is 1.21 bits per heavy atom. The fourth-order valence-electron chi connectivity index (χ4n) is 2.35. The standard InChI is InChI=1S/C18H13BrFNO2S/c1-11-4-2-3-5-13(11)10-21-17(22)16(24-18(21)23)9-12-6-7-15(20)14(19)8-12/h2-9H,10H2,1H3/b16-9-. The minimum Gasteiger partial charge on any atom is -0.268 e. The van der Waals surface area contributed by atoms with Crippen molar-refractivity contribution in [2.24, 2.45) is 0 Å². The van der Waals surface area contributed by atoms with Crippen molar-refractivity contribution >= 4 is 44.9 Å². The van der Waals surface area contributed by atoms with Gasteiger partial charge in [-0.05, 0) is 69.5 Å². The van der Waals surface area contributed by atoms with Crippen molar-refractivity contribution in [1.29, 1.82) is 0 Å². The maximum Gasteiger partial charge on any atom is 0.293 e. The number of rotatable bonds is 3. The molecule has 0 saturated carbocycles. The first-order chi connectivity index (χ1) is 11.5. The van der Waals surface area contributed by atoms with Crippen molar-refractivity contribution in [3.8, 4) is 0 Å². The lowest BCUT2D eigenvalue weighted by Crippen LogP contribution is -2.27. The van der Waals surface area contributed by atoms with Crippen LogP contribution in [0.15, 0.2) is 51.8 Å². The van der Waals surface area contributed by atoms with Crippen LogP contribution in [0.4, 0.5) is 9.18 Å². The van der Waals surface area contributed by atoms with E-state index in [0.29, 0.717) is 14.9 Å². The van der Waals surface area contributed by atoms with Gasteiger partial charge in [-0.2, -0.15) is 0 Å². The first-order valence-electron chi connectivity index (χ1n) is 7.20. The van der Waals surface area contributed by atoms with E-state index in [1.807, 2.05) is 31.2 Å². The van der Waals surface area contributed by atoms with Crippen molar-refractivity contribution in [3.63, 3.8) is 0 Å². The first kappa shape index (κ1) is 16.9. The zero-order chi connectivity index (χ0) is 17.3. The molecular weight excluding hydrogens is 393 g/mol. The minimum absolute atomic E-state index is 0.252. The number of thioether (sulfide) groups is 1. The average Bonchev–Trinajstić information content (AvgIpc) is 2.80. The molecule has 0 atom stereocenters. The SMILES string of the molecule is Cc1ccccc1CN1C(=O)S/C(=C\c2ccc(F)c(Br)c2)C1=O. The van der Waals surface area contributed by atoms with Crippen LogP contribution in [-0.4, -0.2) is 16.0 Å². The molecule has 1 fully saturated rings. The summed E-state index contributed by atoms with van der Waals surface area (Å²) in [5.41, 5.74) is 2.62. The lowest BCUT2D eigenvalue weighted by Gasteiger charge is -2.14. The number of hydrogen-bond donors (Lipinski definition) is 0. The van der Waals surface area contributed by atoms with Crippen molar-refractivity contribution in [2.45, 2.75) is 13.5 Å². The molecule has 0 aromatic heterocycles. The van der Waals surface area contributed by atoms with E-state index in [9.17, 15) is 14.0 Å². The highest BCUT2D eigenvalue weighted by Crippen LogP contribution is 2.34. The van der Waals surface area contributed by atoms with Gasteiger partial charge in [0.15, 0.2) is 0 Å². The molecule has 1 heterocycles. The normalized spacial score (nSPS) is 16.3. The van der Waals surface area contributed by atoms with E-state index in [0.717, 1.165) is 22.9 Å². The number of carbonyl (C=O) groups excluding carboxylic acids is 2. The number of aryl methyl sites for hydroxylation is 1. The second-order valence-electron chi connectivity index (χ2n) is 5.37. The van der Waals surface area contributed by atoms with Crippen LogP contribution in [0.2, 0.25) is 0 Å². The van der Waals surface area contributed by atoms with Crippen LogP contribution in [0, 0.1) is 12.7 Å². The molecular formula is C18H13BrFNO2S. The van der Waals surface area contributed by atoms with Crippen molar-refractivity contribution in [2.75, 3.05) is 0 Å². The first-order valence-corrected chi connectivity index (χ1v) is 8.81. The van der Waals surface area contributed by atoms with Crippen molar-refractivity contribution in [1.82, 2.24) is 4.90 Å². The Labute approximate surface area is 151 Å². The molecule has 0 aliphatic carbocycles. The fraction of sp³-hybridized carbons (Fsp3) is 0.111. The Balaban J connectivity index is 1.84. The van der Waals surface area contributed by atoms with Gasteiger partial charge in [0.05, 0.1) is 15.9 Å². The summed E-state index contributed by atoms with van der Waals surface area (Å²) in [6.07, 6.45) is 1.60. The average molecular weight is 406 g/mol. The summed E-state index contributed by atoms with van der Waals surface area (Å²) in [6.45, 7) is 2.20. The van der Waals surface area contributed by atoms with Crippen LogP contribution in [0.5, 0.6) is 0 Å². The molecule has 2 amide bonds. The number of benzene rings is 2. The number of carbonyl (C=O) groups is 2. The topological polar surface area (TPSA) is 37.4 Å². The van der Waals surface area contributed by atoms with Crippen LogP contribution in [0.25, 0.3) is 6.08 Å². The predicted molar refractivity (Wildman–Crippen MR) is 96.8 cm³/mol. The Kier molecular flexibility index (Phi) is 4.87. The molecule has 3 rings (SSSR count). The lowest BCUT2D eigenvalue weighted by atomic mass is 10.1. The largest absolute Gasteiger partial charge is 0.293 e. The fourth-order valence-corrected chi connectivity index (χ4v) is 3.58. The van der Waals surface area contributed by atoms with E-state index in [4.69, 9.17) is 0 Å². The van der Waals surface area contributed by atoms with E-state index >= 15 is 0 Å². The number of halogens is 2. The third-order valence-electron chi connectivity index (χ3n) is 3.70. The highest BCUT2D eigenvalue weighted by Gasteiger charge is 2.35. The number of amides is 2. The highest BCUT2D eigenvalue weighted by molar-refractivity contribution is 9.10. The van der Waals surface area contributed by atoms with Gasteiger partial charge in [-0.1, -0.05) is 30.3 Å². The zero-order valence-electron chi connectivity index (χ0n) is 12.8. The molecule has 2 aromatic carbocycles. The van der Waals surface area contributed by atoms with Gasteiger partial charge < -0.3 is 0 Å². The molecule has 1 saturated heterocycles. The lowest BCUT2D eigenvalue weighted by molar-refractivity contribution is -0.123. The van der Waals surface area contributed by atoms with Crippen LogP contribution in [0.1, 0.15) is 16.7 Å². The molecule has 122 valence electrons. The Bertz CT molecular complexity index is 866. The monoisotopic (exact) mass is 405 g/mol. The summed E-state index contributed by atoms with van der Waals surface area (Å²) in [7, 11) is 0. The third-order valence-corrected chi connectivity index (χ3v) is 5.22. The second kappa shape index (κ2) is 6.91. The van der Waals surface area contributed by atoms with Gasteiger partial charge in [0.1, 0.15) is 5.82 Å². The second-order valence-corrected chi connectivity index (χ2v) is 7.22. The molecule has 1 aliphatic heterocycles. The van der Waals surface area contributed by atoms with Gasteiger partial charge in [-0.15, -0.1) is 0 Å². The van der Waals surface area contributed by atoms with Crippen LogP contribution < -0.4 is 0 Å². The summed E-state index contributed by atoms with van der Waals surface area (Å²) in [6, 6.07) is 12.1. The molecule has 0 spiro atoms. The molecule has 0 unspecified atom stereocenters. The third kappa shape index (κ3) is 3.44. The zero-order valence-corrected chi connectivity index (χ0v) is 15.2. The van der Waals surface area contributed by atoms with Gasteiger partial charge >= 0.3 is 0 Å². The molecule has 6 heteroatoms. The molecule has 0 N–H and O–H groups in total. The number of imide groups is 1. The molecule has 3 nitrogen and oxygen atoms in total. The van der Waals surface area contributed by atoms with E-state index in [2.05, 4.69) is 15.9 Å².